The van der Waals surface area contributed by atoms with Crippen molar-refractivity contribution in [3.8, 4) is 34.1 Å². The van der Waals surface area contributed by atoms with E-state index in [1.807, 2.05) is 94.3 Å². The Bertz CT molecular complexity index is 1690. The van der Waals surface area contributed by atoms with Gasteiger partial charge in [0.05, 0.1) is 29.4 Å². The van der Waals surface area contributed by atoms with Gasteiger partial charge in [-0.05, 0) is 66.2 Å². The molecule has 182 valence electrons. The van der Waals surface area contributed by atoms with Crippen molar-refractivity contribution in [1.29, 1.82) is 0 Å². The predicted molar refractivity (Wildman–Crippen MR) is 140 cm³/mol. The molecule has 0 radical (unpaired) electrons. The zero-order valence-corrected chi connectivity index (χ0v) is 20.0. The number of para-hydroxylation sites is 3. The lowest BCUT2D eigenvalue weighted by atomic mass is 10.1. The Morgan fingerprint density at radius 1 is 0.811 bits per heavy atom. The summed E-state index contributed by atoms with van der Waals surface area (Å²) in [5.41, 5.74) is 5.45. The second kappa shape index (κ2) is 9.35. The maximum absolute atomic E-state index is 14.0. The van der Waals surface area contributed by atoms with Crippen molar-refractivity contribution in [2.75, 3.05) is 7.11 Å². The van der Waals surface area contributed by atoms with E-state index >= 15 is 0 Å². The van der Waals surface area contributed by atoms with Gasteiger partial charge in [-0.2, -0.15) is 5.10 Å². The lowest BCUT2D eigenvalue weighted by molar-refractivity contribution is 0.415. The molecule has 0 aliphatic heterocycles. The quantitative estimate of drug-likeness (QED) is 0.254. The fourth-order valence-electron chi connectivity index (χ4n) is 4.54. The number of methoxy groups -OCH3 is 1. The average molecular weight is 493 g/mol. The molecule has 0 unspecified atom stereocenters. The summed E-state index contributed by atoms with van der Waals surface area (Å²) in [4.78, 5) is 4.95. The summed E-state index contributed by atoms with van der Waals surface area (Å²) in [7, 11) is 1.63. The number of fused-ring (bicyclic) bond motifs is 1. The molecule has 6 rings (SSSR count). The maximum Gasteiger partial charge on any atom is 0.145 e. The first-order chi connectivity index (χ1) is 18.1. The van der Waals surface area contributed by atoms with Gasteiger partial charge in [0.15, 0.2) is 0 Å². The molecule has 5 nitrogen and oxygen atoms in total. The standard InChI is InChI=1S/C30H22F2N4O/c1-37-25-13-11-21(12-14-25)29-26(19-36(34-29)24-7-3-2-4-8-24)30-33-27-9-5-6-10-28(27)35(30)18-20-15-22(31)17-23(32)16-20/h2-17,19H,18H2,1H3. The second-order valence-corrected chi connectivity index (χ2v) is 8.69. The van der Waals surface area contributed by atoms with Crippen molar-refractivity contribution in [1.82, 2.24) is 19.3 Å². The van der Waals surface area contributed by atoms with Gasteiger partial charge in [-0.15, -0.1) is 0 Å². The number of benzene rings is 4. The van der Waals surface area contributed by atoms with Crippen LogP contribution >= 0.6 is 0 Å². The van der Waals surface area contributed by atoms with Crippen molar-refractivity contribution in [2.24, 2.45) is 0 Å². The Morgan fingerprint density at radius 3 is 2.24 bits per heavy atom. The number of rotatable bonds is 6. The summed E-state index contributed by atoms with van der Waals surface area (Å²) < 4.78 is 37.2. The summed E-state index contributed by atoms with van der Waals surface area (Å²) in [5.74, 6) is 0.167. The van der Waals surface area contributed by atoms with E-state index < -0.39 is 11.6 Å². The fourth-order valence-corrected chi connectivity index (χ4v) is 4.54. The smallest absolute Gasteiger partial charge is 0.145 e. The highest BCUT2D eigenvalue weighted by Gasteiger charge is 2.21. The molecule has 0 N–H and O–H groups in total. The second-order valence-electron chi connectivity index (χ2n) is 8.69. The molecule has 0 bridgehead atoms. The summed E-state index contributed by atoms with van der Waals surface area (Å²) >= 11 is 0. The Morgan fingerprint density at radius 2 is 1.51 bits per heavy atom. The minimum atomic E-state index is -0.614. The van der Waals surface area contributed by atoms with Gasteiger partial charge in [0.2, 0.25) is 0 Å². The SMILES string of the molecule is COc1ccc(-c2nn(-c3ccccc3)cc2-c2nc3ccccc3n2Cc2cc(F)cc(F)c2)cc1. The molecule has 0 saturated heterocycles. The maximum atomic E-state index is 14.0. The van der Waals surface area contributed by atoms with Crippen molar-refractivity contribution in [3.63, 3.8) is 0 Å². The molecule has 2 heterocycles. The normalized spacial score (nSPS) is 11.2. The first kappa shape index (κ1) is 22.7. The molecule has 0 spiro atoms. The van der Waals surface area contributed by atoms with Crippen LogP contribution in [-0.4, -0.2) is 26.4 Å². The summed E-state index contributed by atoms with van der Waals surface area (Å²) in [6, 6.07) is 28.8. The van der Waals surface area contributed by atoms with Crippen LogP contribution in [0.5, 0.6) is 5.75 Å². The number of hydrogen-bond donors (Lipinski definition) is 0. The van der Waals surface area contributed by atoms with E-state index in [0.29, 0.717) is 11.4 Å². The highest BCUT2D eigenvalue weighted by molar-refractivity contribution is 5.85. The van der Waals surface area contributed by atoms with Gasteiger partial charge >= 0.3 is 0 Å². The Kier molecular flexibility index (Phi) is 5.73. The van der Waals surface area contributed by atoms with Crippen LogP contribution < -0.4 is 4.74 Å². The zero-order chi connectivity index (χ0) is 25.4. The van der Waals surface area contributed by atoms with Gasteiger partial charge in [-0.3, -0.25) is 0 Å². The third-order valence-corrected chi connectivity index (χ3v) is 6.26. The van der Waals surface area contributed by atoms with Crippen LogP contribution in [0.4, 0.5) is 8.78 Å². The topological polar surface area (TPSA) is 44.9 Å². The summed E-state index contributed by atoms with van der Waals surface area (Å²) in [5, 5.41) is 4.93. The average Bonchev–Trinajstić information content (AvgIpc) is 3.51. The van der Waals surface area contributed by atoms with Crippen molar-refractivity contribution in [2.45, 2.75) is 6.54 Å². The fraction of sp³-hybridized carbons (Fsp3) is 0.0667. The molecule has 0 atom stereocenters. The molecule has 37 heavy (non-hydrogen) atoms. The lowest BCUT2D eigenvalue weighted by Gasteiger charge is -2.10. The number of imidazole rings is 1. The van der Waals surface area contributed by atoms with E-state index in [-0.39, 0.29) is 6.54 Å². The van der Waals surface area contributed by atoms with Gasteiger partial charge in [-0.1, -0.05) is 30.3 Å². The largest absolute Gasteiger partial charge is 0.497 e. The van der Waals surface area contributed by atoms with Gasteiger partial charge in [-0.25, -0.2) is 18.4 Å². The minimum absolute atomic E-state index is 0.239. The van der Waals surface area contributed by atoms with Gasteiger partial charge in [0.1, 0.15) is 28.9 Å². The van der Waals surface area contributed by atoms with Crippen LogP contribution in [0.25, 0.3) is 39.4 Å². The van der Waals surface area contributed by atoms with Crippen LogP contribution in [0.15, 0.2) is 103 Å². The van der Waals surface area contributed by atoms with Gasteiger partial charge in [0, 0.05) is 24.4 Å². The molecule has 2 aromatic heterocycles. The van der Waals surface area contributed by atoms with Crippen LogP contribution in [0.1, 0.15) is 5.56 Å². The molecular weight excluding hydrogens is 470 g/mol. The molecular formula is C30H22F2N4O. The third kappa shape index (κ3) is 4.36. The van der Waals surface area contributed by atoms with E-state index in [2.05, 4.69) is 0 Å². The Labute approximate surface area is 212 Å². The molecule has 0 fully saturated rings. The summed E-state index contributed by atoms with van der Waals surface area (Å²) in [6.45, 7) is 0.239. The molecule has 4 aromatic carbocycles. The van der Waals surface area contributed by atoms with E-state index in [1.54, 1.807) is 7.11 Å². The number of nitrogens with zero attached hydrogens (tertiary/aromatic N) is 4. The van der Waals surface area contributed by atoms with E-state index in [4.69, 9.17) is 14.8 Å². The third-order valence-electron chi connectivity index (χ3n) is 6.26. The lowest BCUT2D eigenvalue weighted by Crippen LogP contribution is -2.03. The van der Waals surface area contributed by atoms with Crippen molar-refractivity contribution >= 4 is 11.0 Å². The Balaban J connectivity index is 1.57. The first-order valence-corrected chi connectivity index (χ1v) is 11.8. The van der Waals surface area contributed by atoms with Crippen LogP contribution in [-0.2, 0) is 6.54 Å². The summed E-state index contributed by atoms with van der Waals surface area (Å²) in [6.07, 6.45) is 1.94. The number of aromatic nitrogens is 4. The minimum Gasteiger partial charge on any atom is -0.497 e. The molecule has 0 aliphatic carbocycles. The predicted octanol–water partition coefficient (Wildman–Crippen LogP) is 6.89. The van der Waals surface area contributed by atoms with Crippen LogP contribution in [0.3, 0.4) is 0 Å². The van der Waals surface area contributed by atoms with Crippen LogP contribution in [0.2, 0.25) is 0 Å². The monoisotopic (exact) mass is 492 g/mol. The Hall–Kier alpha value is -4.78. The molecule has 7 heteroatoms. The first-order valence-electron chi connectivity index (χ1n) is 11.8. The highest BCUT2D eigenvalue weighted by atomic mass is 19.1. The molecule has 0 amide bonds. The van der Waals surface area contributed by atoms with Gasteiger partial charge < -0.3 is 9.30 Å². The molecule has 6 aromatic rings. The van der Waals surface area contributed by atoms with E-state index in [9.17, 15) is 8.78 Å². The van der Waals surface area contributed by atoms with Crippen molar-refractivity contribution < 1.29 is 13.5 Å². The van der Waals surface area contributed by atoms with E-state index in [1.165, 1.54) is 12.1 Å². The number of ether oxygens (including phenoxy) is 1. The highest BCUT2D eigenvalue weighted by Crippen LogP contribution is 2.35. The molecule has 0 aliphatic rings. The van der Waals surface area contributed by atoms with Crippen molar-refractivity contribution in [3.05, 3.63) is 120 Å². The number of halogens is 2. The van der Waals surface area contributed by atoms with Crippen LogP contribution in [0, 0.1) is 11.6 Å². The molecule has 0 saturated carbocycles. The zero-order valence-electron chi connectivity index (χ0n) is 20.0. The van der Waals surface area contributed by atoms with E-state index in [0.717, 1.165) is 45.4 Å². The number of hydrogen-bond acceptors (Lipinski definition) is 3. The van der Waals surface area contributed by atoms with Gasteiger partial charge in [0.25, 0.3) is 0 Å².